The van der Waals surface area contributed by atoms with E-state index in [0.29, 0.717) is 24.9 Å². The van der Waals surface area contributed by atoms with Gasteiger partial charge in [0.1, 0.15) is 0 Å². The maximum Gasteiger partial charge on any atom is 0.254 e. The fourth-order valence-corrected chi connectivity index (χ4v) is 4.93. The van der Waals surface area contributed by atoms with Gasteiger partial charge in [-0.25, -0.2) is 13.4 Å². The van der Waals surface area contributed by atoms with E-state index >= 15 is 0 Å². The molecule has 96 valence electrons. The first-order valence-corrected chi connectivity index (χ1v) is 8.16. The zero-order chi connectivity index (χ0) is 12.6. The third-order valence-corrected chi connectivity index (χ3v) is 6.76. The van der Waals surface area contributed by atoms with Crippen LogP contribution in [0.15, 0.2) is 10.4 Å². The van der Waals surface area contributed by atoms with Crippen LogP contribution in [0.3, 0.4) is 0 Å². The molecule has 1 saturated heterocycles. The predicted molar refractivity (Wildman–Crippen MR) is 68.8 cm³/mol. The van der Waals surface area contributed by atoms with Crippen molar-refractivity contribution in [3.05, 3.63) is 10.7 Å². The SMILES string of the molecule is CC1CCN(S(=O)(=O)c2cnc(Cl)s2)CC1C. The summed E-state index contributed by atoms with van der Waals surface area (Å²) in [5.41, 5.74) is 0. The van der Waals surface area contributed by atoms with Crippen molar-refractivity contribution >= 4 is 33.0 Å². The molecule has 2 heterocycles. The maximum atomic E-state index is 12.3. The Bertz CT molecular complexity index is 500. The van der Waals surface area contributed by atoms with E-state index in [1.54, 1.807) is 4.31 Å². The van der Waals surface area contributed by atoms with Gasteiger partial charge >= 0.3 is 0 Å². The van der Waals surface area contributed by atoms with Gasteiger partial charge in [-0.1, -0.05) is 36.8 Å². The lowest BCUT2D eigenvalue weighted by atomic mass is 9.90. The molecular weight excluding hydrogens is 280 g/mol. The Hall–Kier alpha value is -0.170. The van der Waals surface area contributed by atoms with Crippen LogP contribution in [0.5, 0.6) is 0 Å². The molecule has 0 radical (unpaired) electrons. The van der Waals surface area contributed by atoms with Crippen LogP contribution in [-0.2, 0) is 10.0 Å². The average Bonchev–Trinajstić information content (AvgIpc) is 2.69. The molecule has 2 atom stereocenters. The van der Waals surface area contributed by atoms with Gasteiger partial charge in [-0.3, -0.25) is 0 Å². The summed E-state index contributed by atoms with van der Waals surface area (Å²) in [6, 6.07) is 0. The number of rotatable bonds is 2. The topological polar surface area (TPSA) is 50.3 Å². The number of nitrogens with zero attached hydrogens (tertiary/aromatic N) is 2. The number of sulfonamides is 1. The minimum absolute atomic E-state index is 0.240. The van der Waals surface area contributed by atoms with Crippen molar-refractivity contribution in [1.29, 1.82) is 0 Å². The lowest BCUT2D eigenvalue weighted by Crippen LogP contribution is -2.41. The first kappa shape index (κ1) is 13.3. The van der Waals surface area contributed by atoms with Crippen LogP contribution in [0.25, 0.3) is 0 Å². The van der Waals surface area contributed by atoms with E-state index in [-0.39, 0.29) is 8.68 Å². The van der Waals surface area contributed by atoms with Gasteiger partial charge in [0.25, 0.3) is 10.0 Å². The molecule has 2 unspecified atom stereocenters. The largest absolute Gasteiger partial charge is 0.254 e. The van der Waals surface area contributed by atoms with Crippen molar-refractivity contribution in [2.45, 2.75) is 24.5 Å². The first-order valence-electron chi connectivity index (χ1n) is 5.52. The molecule has 1 fully saturated rings. The van der Waals surface area contributed by atoms with Crippen LogP contribution < -0.4 is 0 Å². The fraction of sp³-hybridized carbons (Fsp3) is 0.700. The molecule has 0 amide bonds. The number of hydrogen-bond acceptors (Lipinski definition) is 4. The summed E-state index contributed by atoms with van der Waals surface area (Å²) in [6.45, 7) is 5.42. The average molecular weight is 295 g/mol. The van der Waals surface area contributed by atoms with Gasteiger partial charge in [0.05, 0.1) is 6.20 Å². The van der Waals surface area contributed by atoms with Crippen LogP contribution in [0, 0.1) is 11.8 Å². The van der Waals surface area contributed by atoms with E-state index in [4.69, 9.17) is 11.6 Å². The third-order valence-electron chi connectivity index (χ3n) is 3.35. The van der Waals surface area contributed by atoms with Crippen LogP contribution in [-0.4, -0.2) is 30.8 Å². The van der Waals surface area contributed by atoms with Crippen molar-refractivity contribution < 1.29 is 8.42 Å². The molecule has 0 aromatic carbocycles. The standard InChI is InChI=1S/C10H15ClN2O2S2/c1-7-3-4-13(6-8(7)2)17(14,15)9-5-12-10(11)16-9/h5,7-8H,3-4,6H2,1-2H3. The molecule has 0 aliphatic carbocycles. The number of thiazole rings is 1. The summed E-state index contributed by atoms with van der Waals surface area (Å²) < 4.78 is 26.6. The van der Waals surface area contributed by atoms with Gasteiger partial charge in [0.2, 0.25) is 0 Å². The van der Waals surface area contributed by atoms with Crippen molar-refractivity contribution in [3.63, 3.8) is 0 Å². The van der Waals surface area contributed by atoms with Gasteiger partial charge < -0.3 is 0 Å². The Balaban J connectivity index is 2.22. The van der Waals surface area contributed by atoms with Gasteiger partial charge in [-0.15, -0.1) is 0 Å². The van der Waals surface area contributed by atoms with E-state index in [1.165, 1.54) is 6.20 Å². The highest BCUT2D eigenvalue weighted by atomic mass is 35.5. The number of hydrogen-bond donors (Lipinski definition) is 0. The molecular formula is C10H15ClN2O2S2. The molecule has 1 aliphatic heterocycles. The summed E-state index contributed by atoms with van der Waals surface area (Å²) in [7, 11) is -3.39. The molecule has 0 bridgehead atoms. The lowest BCUT2D eigenvalue weighted by Gasteiger charge is -2.33. The smallest absolute Gasteiger partial charge is 0.232 e. The molecule has 17 heavy (non-hydrogen) atoms. The second kappa shape index (κ2) is 4.84. The van der Waals surface area contributed by atoms with E-state index in [0.717, 1.165) is 17.8 Å². The zero-order valence-electron chi connectivity index (χ0n) is 9.76. The Morgan fingerprint density at radius 2 is 2.18 bits per heavy atom. The van der Waals surface area contributed by atoms with E-state index in [9.17, 15) is 8.42 Å². The molecule has 0 N–H and O–H groups in total. The minimum Gasteiger partial charge on any atom is -0.232 e. The molecule has 0 saturated carbocycles. The monoisotopic (exact) mass is 294 g/mol. The summed E-state index contributed by atoms with van der Waals surface area (Å²) in [6.07, 6.45) is 2.25. The fourth-order valence-electron chi connectivity index (χ4n) is 1.93. The Morgan fingerprint density at radius 3 is 2.71 bits per heavy atom. The van der Waals surface area contributed by atoms with Crippen molar-refractivity contribution in [1.82, 2.24) is 9.29 Å². The van der Waals surface area contributed by atoms with Crippen molar-refractivity contribution in [2.75, 3.05) is 13.1 Å². The highest BCUT2D eigenvalue weighted by Crippen LogP contribution is 2.30. The Labute approximate surface area is 111 Å². The molecule has 2 rings (SSSR count). The molecule has 1 aromatic rings. The first-order chi connectivity index (χ1) is 7.91. The normalized spacial score (nSPS) is 27.2. The lowest BCUT2D eigenvalue weighted by molar-refractivity contribution is 0.213. The highest BCUT2D eigenvalue weighted by molar-refractivity contribution is 7.91. The summed E-state index contributed by atoms with van der Waals surface area (Å²) in [5.74, 6) is 0.966. The van der Waals surface area contributed by atoms with Gasteiger partial charge in [0, 0.05) is 13.1 Å². The van der Waals surface area contributed by atoms with Crippen LogP contribution in [0.2, 0.25) is 4.47 Å². The quantitative estimate of drug-likeness (QED) is 0.842. The maximum absolute atomic E-state index is 12.3. The number of piperidine rings is 1. The van der Waals surface area contributed by atoms with Gasteiger partial charge in [0.15, 0.2) is 8.68 Å². The Morgan fingerprint density at radius 1 is 1.47 bits per heavy atom. The third kappa shape index (κ3) is 2.65. The van der Waals surface area contributed by atoms with Crippen molar-refractivity contribution in [2.24, 2.45) is 11.8 Å². The van der Waals surface area contributed by atoms with E-state index in [2.05, 4.69) is 18.8 Å². The highest BCUT2D eigenvalue weighted by Gasteiger charge is 2.32. The van der Waals surface area contributed by atoms with Crippen LogP contribution >= 0.6 is 22.9 Å². The van der Waals surface area contributed by atoms with Crippen molar-refractivity contribution in [3.8, 4) is 0 Å². The predicted octanol–water partition coefficient (Wildman–Crippen LogP) is 2.46. The second-order valence-corrected chi connectivity index (χ2v) is 8.32. The molecule has 4 nitrogen and oxygen atoms in total. The molecule has 1 aromatic heterocycles. The zero-order valence-corrected chi connectivity index (χ0v) is 12.1. The van der Waals surface area contributed by atoms with E-state index < -0.39 is 10.0 Å². The summed E-state index contributed by atoms with van der Waals surface area (Å²) in [5, 5.41) is 0. The second-order valence-electron chi connectivity index (χ2n) is 4.54. The molecule has 0 spiro atoms. The number of aromatic nitrogens is 1. The van der Waals surface area contributed by atoms with Crippen LogP contribution in [0.4, 0.5) is 0 Å². The molecule has 1 aliphatic rings. The van der Waals surface area contributed by atoms with Gasteiger partial charge in [-0.2, -0.15) is 4.31 Å². The summed E-state index contributed by atoms with van der Waals surface area (Å²) in [4.78, 5) is 3.79. The van der Waals surface area contributed by atoms with Crippen LogP contribution in [0.1, 0.15) is 20.3 Å². The Kier molecular flexibility index (Phi) is 3.77. The summed E-state index contributed by atoms with van der Waals surface area (Å²) >= 11 is 6.70. The molecule has 7 heteroatoms. The minimum atomic E-state index is -3.39. The number of halogens is 1. The van der Waals surface area contributed by atoms with Gasteiger partial charge in [-0.05, 0) is 18.3 Å². The van der Waals surface area contributed by atoms with E-state index in [1.807, 2.05) is 0 Å².